The fourth-order valence-corrected chi connectivity index (χ4v) is 2.42. The SMILES string of the molecule is CCCCCCc1nc(-c2ccc(C)cc2)c(COO)[nH]1. The Bertz CT molecular complexity index is 546. The van der Waals surface area contributed by atoms with Gasteiger partial charge in [-0.3, -0.25) is 5.26 Å². The summed E-state index contributed by atoms with van der Waals surface area (Å²) in [7, 11) is 0. The van der Waals surface area contributed by atoms with Crippen molar-refractivity contribution in [1.82, 2.24) is 9.97 Å². The van der Waals surface area contributed by atoms with E-state index in [4.69, 9.17) is 5.26 Å². The van der Waals surface area contributed by atoms with E-state index in [-0.39, 0.29) is 6.61 Å². The molecule has 0 bridgehead atoms. The highest BCUT2D eigenvalue weighted by Gasteiger charge is 2.12. The molecule has 0 saturated heterocycles. The first kappa shape index (κ1) is 15.7. The largest absolute Gasteiger partial charge is 0.343 e. The van der Waals surface area contributed by atoms with Crippen molar-refractivity contribution in [3.8, 4) is 11.3 Å². The molecule has 2 N–H and O–H groups in total. The third kappa shape index (κ3) is 4.41. The Hall–Kier alpha value is -1.65. The average molecular weight is 288 g/mol. The number of aromatic amines is 1. The van der Waals surface area contributed by atoms with E-state index >= 15 is 0 Å². The predicted octanol–water partition coefficient (Wildman–Crippen LogP) is 4.50. The Morgan fingerprint density at radius 3 is 2.57 bits per heavy atom. The van der Waals surface area contributed by atoms with Crippen LogP contribution in [0.4, 0.5) is 0 Å². The smallest absolute Gasteiger partial charge is 0.124 e. The number of unbranched alkanes of at least 4 members (excludes halogenated alkanes) is 3. The first-order valence-electron chi connectivity index (χ1n) is 7.65. The first-order valence-corrected chi connectivity index (χ1v) is 7.65. The molecule has 2 rings (SSSR count). The topological polar surface area (TPSA) is 58.1 Å². The van der Waals surface area contributed by atoms with Crippen LogP contribution in [0.2, 0.25) is 0 Å². The quantitative estimate of drug-likeness (QED) is 0.427. The summed E-state index contributed by atoms with van der Waals surface area (Å²) in [5.41, 5.74) is 3.96. The Morgan fingerprint density at radius 1 is 1.14 bits per heavy atom. The number of hydrogen-bond acceptors (Lipinski definition) is 3. The van der Waals surface area contributed by atoms with Crippen molar-refractivity contribution in [2.24, 2.45) is 0 Å². The van der Waals surface area contributed by atoms with Crippen LogP contribution in [-0.4, -0.2) is 15.2 Å². The van der Waals surface area contributed by atoms with Gasteiger partial charge in [0.2, 0.25) is 0 Å². The number of imidazole rings is 1. The van der Waals surface area contributed by atoms with Gasteiger partial charge < -0.3 is 4.98 Å². The second-order valence-electron chi connectivity index (χ2n) is 5.46. The minimum atomic E-state index is 0.130. The molecule has 0 radical (unpaired) electrons. The number of benzene rings is 1. The summed E-state index contributed by atoms with van der Waals surface area (Å²) in [4.78, 5) is 12.3. The number of rotatable bonds is 8. The molecule has 0 aliphatic rings. The summed E-state index contributed by atoms with van der Waals surface area (Å²) in [6, 6.07) is 8.23. The highest BCUT2D eigenvalue weighted by atomic mass is 17.1. The van der Waals surface area contributed by atoms with Crippen molar-refractivity contribution in [3.63, 3.8) is 0 Å². The second kappa shape index (κ2) is 7.96. The summed E-state index contributed by atoms with van der Waals surface area (Å²) >= 11 is 0. The lowest BCUT2D eigenvalue weighted by atomic mass is 10.1. The lowest BCUT2D eigenvalue weighted by molar-refractivity contribution is -0.253. The Morgan fingerprint density at radius 2 is 1.90 bits per heavy atom. The Kier molecular flexibility index (Phi) is 5.96. The van der Waals surface area contributed by atoms with Crippen molar-refractivity contribution >= 4 is 0 Å². The van der Waals surface area contributed by atoms with Crippen molar-refractivity contribution in [3.05, 3.63) is 41.3 Å². The van der Waals surface area contributed by atoms with Gasteiger partial charge in [-0.25, -0.2) is 9.87 Å². The molecule has 0 aliphatic carbocycles. The lowest BCUT2D eigenvalue weighted by Crippen LogP contribution is -1.92. The van der Waals surface area contributed by atoms with Crippen LogP contribution in [0.5, 0.6) is 0 Å². The summed E-state index contributed by atoms with van der Waals surface area (Å²) in [6.45, 7) is 4.40. The minimum absolute atomic E-state index is 0.130. The van der Waals surface area contributed by atoms with Gasteiger partial charge >= 0.3 is 0 Å². The monoisotopic (exact) mass is 288 g/mol. The highest BCUT2D eigenvalue weighted by molar-refractivity contribution is 5.62. The molecule has 1 aromatic heterocycles. The summed E-state index contributed by atoms with van der Waals surface area (Å²) < 4.78 is 0. The maximum absolute atomic E-state index is 8.74. The fourth-order valence-electron chi connectivity index (χ4n) is 2.42. The van der Waals surface area contributed by atoms with E-state index in [1.807, 2.05) is 12.1 Å². The van der Waals surface area contributed by atoms with Crippen LogP contribution >= 0.6 is 0 Å². The van der Waals surface area contributed by atoms with Gasteiger partial charge in [-0.15, -0.1) is 0 Å². The van der Waals surface area contributed by atoms with Crippen LogP contribution in [0.3, 0.4) is 0 Å². The molecule has 0 saturated carbocycles. The lowest BCUT2D eigenvalue weighted by Gasteiger charge is -2.01. The van der Waals surface area contributed by atoms with E-state index in [2.05, 4.69) is 40.8 Å². The number of nitrogens with one attached hydrogen (secondary N) is 1. The second-order valence-corrected chi connectivity index (χ2v) is 5.46. The van der Waals surface area contributed by atoms with Crippen molar-refractivity contribution in [1.29, 1.82) is 0 Å². The molecule has 114 valence electrons. The molecule has 21 heavy (non-hydrogen) atoms. The molecule has 1 heterocycles. The first-order chi connectivity index (χ1) is 10.2. The third-order valence-corrected chi connectivity index (χ3v) is 3.63. The van der Waals surface area contributed by atoms with E-state index in [0.717, 1.165) is 35.6 Å². The summed E-state index contributed by atoms with van der Waals surface area (Å²) in [5, 5.41) is 8.74. The van der Waals surface area contributed by atoms with Crippen LogP contribution in [0.25, 0.3) is 11.3 Å². The van der Waals surface area contributed by atoms with Crippen LogP contribution in [0, 0.1) is 6.92 Å². The summed E-state index contributed by atoms with van der Waals surface area (Å²) in [6.07, 6.45) is 5.79. The molecule has 2 aromatic rings. The molecule has 0 spiro atoms. The van der Waals surface area contributed by atoms with E-state index in [9.17, 15) is 0 Å². The Labute approximate surface area is 126 Å². The molecular weight excluding hydrogens is 264 g/mol. The van der Waals surface area contributed by atoms with E-state index < -0.39 is 0 Å². The van der Waals surface area contributed by atoms with Gasteiger partial charge in [0, 0.05) is 12.0 Å². The van der Waals surface area contributed by atoms with Gasteiger partial charge in [-0.2, -0.15) is 0 Å². The number of nitrogens with zero attached hydrogens (tertiary/aromatic N) is 1. The fraction of sp³-hybridized carbons (Fsp3) is 0.471. The number of hydrogen-bond donors (Lipinski definition) is 2. The average Bonchev–Trinajstić information content (AvgIpc) is 2.88. The molecule has 0 unspecified atom stereocenters. The zero-order chi connectivity index (χ0) is 15.1. The minimum Gasteiger partial charge on any atom is -0.343 e. The van der Waals surface area contributed by atoms with E-state index in [1.165, 1.54) is 24.8 Å². The normalized spacial score (nSPS) is 11.0. The van der Waals surface area contributed by atoms with Gasteiger partial charge in [-0.05, 0) is 13.3 Å². The van der Waals surface area contributed by atoms with Gasteiger partial charge in [0.15, 0.2) is 0 Å². The number of aryl methyl sites for hydroxylation is 2. The third-order valence-electron chi connectivity index (χ3n) is 3.63. The van der Waals surface area contributed by atoms with Crippen molar-refractivity contribution in [2.75, 3.05) is 0 Å². The standard InChI is InChI=1S/C17H24N2O2/c1-3-4-5-6-7-16-18-15(12-21-20)17(19-16)14-10-8-13(2)9-11-14/h8-11,20H,3-7,12H2,1-2H3,(H,18,19). The molecular formula is C17H24N2O2. The van der Waals surface area contributed by atoms with Crippen LogP contribution in [-0.2, 0) is 17.9 Å². The van der Waals surface area contributed by atoms with Gasteiger partial charge in [0.25, 0.3) is 0 Å². The predicted molar refractivity (Wildman–Crippen MR) is 84.0 cm³/mol. The number of H-pyrrole nitrogens is 1. The Balaban J connectivity index is 2.14. The maximum atomic E-state index is 8.74. The van der Waals surface area contributed by atoms with Crippen LogP contribution in [0.15, 0.2) is 24.3 Å². The highest BCUT2D eigenvalue weighted by Crippen LogP contribution is 2.23. The van der Waals surface area contributed by atoms with Gasteiger partial charge in [-0.1, -0.05) is 56.0 Å². The van der Waals surface area contributed by atoms with Crippen molar-refractivity contribution in [2.45, 2.75) is 52.6 Å². The molecule has 1 aromatic carbocycles. The van der Waals surface area contributed by atoms with Crippen LogP contribution < -0.4 is 0 Å². The summed E-state index contributed by atoms with van der Waals surface area (Å²) in [5.74, 6) is 0.966. The molecule has 4 heteroatoms. The molecule has 0 amide bonds. The van der Waals surface area contributed by atoms with E-state index in [0.29, 0.717) is 0 Å². The van der Waals surface area contributed by atoms with E-state index in [1.54, 1.807) is 0 Å². The molecule has 0 atom stereocenters. The van der Waals surface area contributed by atoms with Crippen molar-refractivity contribution < 1.29 is 10.1 Å². The molecule has 0 aliphatic heterocycles. The molecule has 0 fully saturated rings. The van der Waals surface area contributed by atoms with Gasteiger partial charge in [0.1, 0.15) is 12.4 Å². The maximum Gasteiger partial charge on any atom is 0.124 e. The molecule has 4 nitrogen and oxygen atoms in total. The number of aromatic nitrogens is 2. The van der Waals surface area contributed by atoms with Crippen LogP contribution in [0.1, 0.15) is 49.7 Å². The van der Waals surface area contributed by atoms with Gasteiger partial charge in [0.05, 0.1) is 11.4 Å². The zero-order valence-electron chi connectivity index (χ0n) is 12.9. The zero-order valence-corrected chi connectivity index (χ0v) is 12.9.